The Balaban J connectivity index is 1.07. The number of allylic oxidation sites excluding steroid dienone is 2. The molecule has 9 rings (SSSR count). The highest BCUT2D eigenvalue weighted by molar-refractivity contribution is 5.61. The van der Waals surface area contributed by atoms with Gasteiger partial charge in [0, 0.05) is 11.3 Å². The van der Waals surface area contributed by atoms with Crippen LogP contribution in [0.1, 0.15) is 78.6 Å². The number of fused-ring (bicyclic) bond motifs is 23. The Morgan fingerprint density at radius 1 is 0.889 bits per heavy atom. The van der Waals surface area contributed by atoms with Gasteiger partial charge in [0.2, 0.25) is 0 Å². The van der Waals surface area contributed by atoms with Gasteiger partial charge in [-0.3, -0.25) is 0 Å². The van der Waals surface area contributed by atoms with Crippen LogP contribution in [0.3, 0.4) is 0 Å². The lowest BCUT2D eigenvalue weighted by atomic mass is 9.43. The smallest absolute Gasteiger partial charge is 0.431 e. The summed E-state index contributed by atoms with van der Waals surface area (Å²) in [5, 5.41) is 0. The minimum absolute atomic E-state index is 0.0369. The van der Waals surface area contributed by atoms with Crippen LogP contribution in [0.15, 0.2) is 12.2 Å². The maximum absolute atomic E-state index is 12.6. The first kappa shape index (κ1) is 21.9. The van der Waals surface area contributed by atoms with E-state index in [9.17, 15) is 4.79 Å². The second kappa shape index (κ2) is 6.93. The van der Waals surface area contributed by atoms with Gasteiger partial charge in [0.15, 0.2) is 0 Å². The molecule has 8 fully saturated rings. The Bertz CT molecular complexity index is 1010. The molecule has 0 N–H and O–H groups in total. The van der Waals surface area contributed by atoms with Crippen LogP contribution in [-0.4, -0.2) is 30.1 Å². The van der Waals surface area contributed by atoms with Crippen LogP contribution in [0.25, 0.3) is 0 Å². The third-order valence-electron chi connectivity index (χ3n) is 13.6. The lowest BCUT2D eigenvalue weighted by Crippen LogP contribution is -2.60. The van der Waals surface area contributed by atoms with E-state index in [1.54, 1.807) is 0 Å². The topological polar surface area (TPSA) is 44.8 Å². The Morgan fingerprint density at radius 3 is 2.44 bits per heavy atom. The van der Waals surface area contributed by atoms with Crippen molar-refractivity contribution in [2.75, 3.05) is 0 Å². The molecular weight excluding hydrogens is 448 g/mol. The maximum atomic E-state index is 12.6. The second-order valence-electron chi connectivity index (χ2n) is 15.7. The number of hydrogen-bond acceptors (Lipinski definition) is 4. The molecule has 2 saturated heterocycles. The van der Waals surface area contributed by atoms with E-state index < -0.39 is 11.8 Å². The minimum atomic E-state index is -0.499. The highest BCUT2D eigenvalue weighted by Gasteiger charge is 2.83. The van der Waals surface area contributed by atoms with Crippen LogP contribution in [-0.2, 0) is 14.2 Å². The van der Waals surface area contributed by atoms with Crippen molar-refractivity contribution in [3.8, 4) is 0 Å². The summed E-state index contributed by atoms with van der Waals surface area (Å²) in [5.74, 6) is 9.65. The number of rotatable bonds is 2. The fourth-order valence-electron chi connectivity index (χ4n) is 13.5. The van der Waals surface area contributed by atoms with E-state index in [4.69, 9.17) is 14.2 Å². The lowest BCUT2D eigenvalue weighted by Gasteiger charge is -2.59. The zero-order valence-corrected chi connectivity index (χ0v) is 22.3. The molecule has 0 radical (unpaired) electrons. The van der Waals surface area contributed by atoms with Gasteiger partial charge >= 0.3 is 6.16 Å². The predicted octanol–water partition coefficient (Wildman–Crippen LogP) is 6.63. The molecule has 4 heteroatoms. The molecule has 0 amide bonds. The van der Waals surface area contributed by atoms with Crippen molar-refractivity contribution in [2.24, 2.45) is 76.4 Å². The van der Waals surface area contributed by atoms with E-state index in [2.05, 4.69) is 12.2 Å². The quantitative estimate of drug-likeness (QED) is 0.247. The highest BCUT2D eigenvalue weighted by atomic mass is 16.7. The second-order valence-corrected chi connectivity index (χ2v) is 15.7. The third-order valence-corrected chi connectivity index (χ3v) is 13.6. The van der Waals surface area contributed by atoms with Crippen molar-refractivity contribution < 1.29 is 19.0 Å². The van der Waals surface area contributed by atoms with E-state index in [1.807, 2.05) is 20.8 Å². The molecule has 36 heavy (non-hydrogen) atoms. The fraction of sp³-hybridized carbons (Fsp3) is 0.906. The van der Waals surface area contributed by atoms with E-state index in [0.717, 1.165) is 59.7 Å². The van der Waals surface area contributed by atoms with Crippen LogP contribution < -0.4 is 0 Å². The fourth-order valence-corrected chi connectivity index (χ4v) is 13.5. The molecule has 0 aromatic rings. The summed E-state index contributed by atoms with van der Waals surface area (Å²) in [6.07, 6.45) is 18.2. The summed E-state index contributed by atoms with van der Waals surface area (Å²) >= 11 is 0. The maximum Gasteiger partial charge on any atom is 0.509 e. The molecule has 2 aliphatic heterocycles. The van der Waals surface area contributed by atoms with Gasteiger partial charge in [0.25, 0.3) is 0 Å². The van der Waals surface area contributed by atoms with E-state index >= 15 is 0 Å². The Kier molecular flexibility index (Phi) is 4.21. The lowest BCUT2D eigenvalue weighted by molar-refractivity contribution is -0.119. The van der Waals surface area contributed by atoms with Gasteiger partial charge in [0.05, 0.1) is 12.2 Å². The molecule has 15 atom stereocenters. The first-order valence-electron chi connectivity index (χ1n) is 15.6. The van der Waals surface area contributed by atoms with Crippen LogP contribution in [0.2, 0.25) is 0 Å². The van der Waals surface area contributed by atoms with Gasteiger partial charge in [0.1, 0.15) is 11.7 Å². The zero-order valence-electron chi connectivity index (χ0n) is 22.3. The summed E-state index contributed by atoms with van der Waals surface area (Å²) in [7, 11) is 0. The normalized spacial score (nSPS) is 59.0. The molecule has 9 aliphatic rings. The van der Waals surface area contributed by atoms with Crippen molar-refractivity contribution in [1.82, 2.24) is 0 Å². The first-order chi connectivity index (χ1) is 17.4. The molecular formula is C32H44O4. The summed E-state index contributed by atoms with van der Waals surface area (Å²) in [4.78, 5) is 12.6. The van der Waals surface area contributed by atoms with E-state index in [1.165, 1.54) is 51.4 Å². The standard InChI is InChI=1S/C32H44O4/c1-31(2,3)36-30(33)34-22-13-17-12-19(22)26-25(17)29-32(18-7-5-4-6-8-18)21-14-20(27(32)28(26)35-29)23-15-9-10-16(11-15)24(21)23/h9-10,15-29H,4-8,11-14H2,1-3H3. The van der Waals surface area contributed by atoms with Crippen LogP contribution >= 0.6 is 0 Å². The molecule has 7 aliphatic carbocycles. The van der Waals surface area contributed by atoms with Gasteiger partial charge in [-0.25, -0.2) is 4.79 Å². The first-order valence-corrected chi connectivity index (χ1v) is 15.6. The molecule has 8 bridgehead atoms. The Morgan fingerprint density at radius 2 is 1.67 bits per heavy atom. The van der Waals surface area contributed by atoms with Crippen molar-refractivity contribution in [3.05, 3.63) is 12.2 Å². The van der Waals surface area contributed by atoms with Crippen LogP contribution in [0, 0.1) is 76.4 Å². The third kappa shape index (κ3) is 2.46. The average molecular weight is 493 g/mol. The van der Waals surface area contributed by atoms with Gasteiger partial charge in [-0.15, -0.1) is 0 Å². The van der Waals surface area contributed by atoms with Gasteiger partial charge in [-0.05, 0) is 124 Å². The van der Waals surface area contributed by atoms with Crippen molar-refractivity contribution in [2.45, 2.75) is 102 Å². The molecule has 0 aromatic heterocycles. The summed E-state index contributed by atoms with van der Waals surface area (Å²) in [6.45, 7) is 5.77. The summed E-state index contributed by atoms with van der Waals surface area (Å²) in [5.41, 5.74) is -0.0243. The van der Waals surface area contributed by atoms with Crippen molar-refractivity contribution >= 4 is 6.16 Å². The summed E-state index contributed by atoms with van der Waals surface area (Å²) < 4.78 is 18.9. The largest absolute Gasteiger partial charge is 0.509 e. The van der Waals surface area contributed by atoms with Crippen LogP contribution in [0.4, 0.5) is 4.79 Å². The van der Waals surface area contributed by atoms with E-state index in [-0.39, 0.29) is 6.10 Å². The number of carbonyl (C=O) groups excluding carboxylic acids is 1. The Labute approximate surface area is 216 Å². The average Bonchev–Trinajstić information content (AvgIpc) is 3.65. The molecule has 15 unspecified atom stereocenters. The molecule has 0 aromatic carbocycles. The molecule has 0 spiro atoms. The monoisotopic (exact) mass is 492 g/mol. The van der Waals surface area contributed by atoms with Gasteiger partial charge in [-0.1, -0.05) is 31.4 Å². The van der Waals surface area contributed by atoms with Gasteiger partial charge < -0.3 is 14.2 Å². The molecule has 196 valence electrons. The SMILES string of the molecule is CC(C)(C)OC(=O)OC1CC2CC1C1C3OC(C21)C1(C2CCCCC2)C2CC(C4C5C=CC(C5)C42)C31. The Hall–Kier alpha value is -1.03. The predicted molar refractivity (Wildman–Crippen MR) is 135 cm³/mol. The number of ether oxygens (including phenoxy) is 3. The summed E-state index contributed by atoms with van der Waals surface area (Å²) in [6, 6.07) is 0. The van der Waals surface area contributed by atoms with Gasteiger partial charge in [-0.2, -0.15) is 0 Å². The highest BCUT2D eigenvalue weighted by Crippen LogP contribution is 2.83. The zero-order chi connectivity index (χ0) is 24.1. The number of hydrogen-bond donors (Lipinski definition) is 0. The van der Waals surface area contributed by atoms with E-state index in [0.29, 0.717) is 35.4 Å². The van der Waals surface area contributed by atoms with Crippen LogP contribution in [0.5, 0.6) is 0 Å². The molecule has 6 saturated carbocycles. The van der Waals surface area contributed by atoms with Crippen molar-refractivity contribution in [1.29, 1.82) is 0 Å². The number of carbonyl (C=O) groups is 1. The molecule has 2 heterocycles. The molecule has 4 nitrogen and oxygen atoms in total. The minimum Gasteiger partial charge on any atom is -0.431 e. The van der Waals surface area contributed by atoms with Crippen molar-refractivity contribution in [3.63, 3.8) is 0 Å².